The molecule has 0 radical (unpaired) electrons. The van der Waals surface area contributed by atoms with Gasteiger partial charge in [0.05, 0.1) is 11.0 Å². The minimum absolute atomic E-state index is 0.00222. The van der Waals surface area contributed by atoms with E-state index in [1.54, 1.807) is 24.3 Å². The summed E-state index contributed by atoms with van der Waals surface area (Å²) in [5, 5.41) is 2.89. The van der Waals surface area contributed by atoms with Crippen molar-refractivity contribution in [1.29, 1.82) is 0 Å². The Morgan fingerprint density at radius 1 is 1.17 bits per heavy atom. The van der Waals surface area contributed by atoms with Gasteiger partial charge in [0, 0.05) is 25.6 Å². The van der Waals surface area contributed by atoms with Crippen molar-refractivity contribution in [2.75, 3.05) is 13.2 Å². The third-order valence-corrected chi connectivity index (χ3v) is 5.86. The van der Waals surface area contributed by atoms with Crippen LogP contribution in [-0.4, -0.2) is 39.6 Å². The minimum atomic E-state index is -3.41. The lowest BCUT2D eigenvalue weighted by Gasteiger charge is -2.11. The fourth-order valence-electron chi connectivity index (χ4n) is 2.70. The molecule has 6 nitrogen and oxygen atoms in total. The van der Waals surface area contributed by atoms with Crippen LogP contribution in [0.4, 0.5) is 0 Å². The molecule has 1 amide bonds. The Morgan fingerprint density at radius 2 is 1.92 bits per heavy atom. The Morgan fingerprint density at radius 3 is 2.54 bits per heavy atom. The highest BCUT2D eigenvalue weighted by atomic mass is 32.2. The Kier molecular flexibility index (Phi) is 5.53. The third-order valence-electron chi connectivity index (χ3n) is 4.32. The molecule has 0 spiro atoms. The van der Waals surface area contributed by atoms with Crippen molar-refractivity contribution in [3.63, 3.8) is 0 Å². The van der Waals surface area contributed by atoms with Crippen molar-refractivity contribution in [3.05, 3.63) is 29.8 Å². The van der Waals surface area contributed by atoms with E-state index < -0.39 is 10.0 Å². The summed E-state index contributed by atoms with van der Waals surface area (Å²) < 4.78 is 32.3. The molecule has 0 unspecified atom stereocenters. The molecule has 1 heterocycles. The van der Waals surface area contributed by atoms with E-state index in [2.05, 4.69) is 10.0 Å². The van der Waals surface area contributed by atoms with E-state index in [4.69, 9.17) is 4.74 Å². The van der Waals surface area contributed by atoms with E-state index in [0.29, 0.717) is 19.4 Å². The molecule has 2 aliphatic rings. The van der Waals surface area contributed by atoms with Crippen LogP contribution in [0.25, 0.3) is 0 Å². The number of benzene rings is 1. The zero-order chi connectivity index (χ0) is 17.0. The number of aryl methyl sites for hydroxylation is 1. The molecular weight excluding hydrogens is 328 g/mol. The van der Waals surface area contributed by atoms with Crippen LogP contribution in [0.5, 0.6) is 0 Å². The number of amides is 1. The molecule has 7 heteroatoms. The molecule has 1 atom stereocenters. The van der Waals surface area contributed by atoms with E-state index in [-0.39, 0.29) is 22.9 Å². The normalized spacial score (nSPS) is 20.9. The molecule has 1 aliphatic carbocycles. The van der Waals surface area contributed by atoms with Crippen LogP contribution < -0.4 is 10.0 Å². The lowest BCUT2D eigenvalue weighted by molar-refractivity contribution is -0.121. The van der Waals surface area contributed by atoms with E-state index in [9.17, 15) is 13.2 Å². The van der Waals surface area contributed by atoms with Crippen LogP contribution in [-0.2, 0) is 26.0 Å². The second-order valence-corrected chi connectivity index (χ2v) is 8.19. The van der Waals surface area contributed by atoms with Gasteiger partial charge in [0.1, 0.15) is 0 Å². The standard InChI is InChI=1S/C17H24N2O4S/c20-17(18-12-15-2-1-11-23-15)10-5-13-3-8-16(9-4-13)24(21,22)19-14-6-7-14/h3-4,8-9,14-15,19H,1-2,5-7,10-12H2,(H,18,20)/t15-/m1/s1. The van der Waals surface area contributed by atoms with Gasteiger partial charge in [-0.25, -0.2) is 13.1 Å². The summed E-state index contributed by atoms with van der Waals surface area (Å²) in [4.78, 5) is 12.1. The first-order valence-corrected chi connectivity index (χ1v) is 10.0. The van der Waals surface area contributed by atoms with Crippen LogP contribution in [0.3, 0.4) is 0 Å². The second-order valence-electron chi connectivity index (χ2n) is 6.48. The van der Waals surface area contributed by atoms with Gasteiger partial charge in [0.25, 0.3) is 0 Å². The molecule has 3 rings (SSSR count). The summed E-state index contributed by atoms with van der Waals surface area (Å²) >= 11 is 0. The molecule has 1 aromatic rings. The van der Waals surface area contributed by atoms with Crippen molar-refractivity contribution >= 4 is 15.9 Å². The van der Waals surface area contributed by atoms with Crippen molar-refractivity contribution in [3.8, 4) is 0 Å². The summed E-state index contributed by atoms with van der Waals surface area (Å²) in [6.07, 6.45) is 5.03. The predicted molar refractivity (Wildman–Crippen MR) is 90.1 cm³/mol. The molecule has 1 aromatic carbocycles. The molecule has 2 fully saturated rings. The first kappa shape index (κ1) is 17.4. The zero-order valence-corrected chi connectivity index (χ0v) is 14.5. The highest BCUT2D eigenvalue weighted by Crippen LogP contribution is 2.22. The van der Waals surface area contributed by atoms with E-state index in [1.807, 2.05) is 0 Å². The second kappa shape index (κ2) is 7.63. The van der Waals surface area contributed by atoms with Gasteiger partial charge in [0.2, 0.25) is 15.9 Å². The number of sulfonamides is 1. The molecule has 24 heavy (non-hydrogen) atoms. The molecule has 0 bridgehead atoms. The first-order chi connectivity index (χ1) is 11.5. The van der Waals surface area contributed by atoms with Crippen LogP contribution >= 0.6 is 0 Å². The summed E-state index contributed by atoms with van der Waals surface area (Å²) in [6.45, 7) is 1.36. The molecule has 1 saturated heterocycles. The van der Waals surface area contributed by atoms with Gasteiger partial charge in [0.15, 0.2) is 0 Å². The highest BCUT2D eigenvalue weighted by molar-refractivity contribution is 7.89. The average molecular weight is 352 g/mol. The number of rotatable bonds is 8. The molecule has 0 aromatic heterocycles. The largest absolute Gasteiger partial charge is 0.376 e. The lowest BCUT2D eigenvalue weighted by atomic mass is 10.1. The maximum absolute atomic E-state index is 12.1. The zero-order valence-electron chi connectivity index (χ0n) is 13.7. The molecular formula is C17H24N2O4S. The fraction of sp³-hybridized carbons (Fsp3) is 0.588. The van der Waals surface area contributed by atoms with Gasteiger partial charge in [-0.3, -0.25) is 4.79 Å². The average Bonchev–Trinajstić information content (AvgIpc) is 3.21. The lowest BCUT2D eigenvalue weighted by Crippen LogP contribution is -2.31. The summed E-state index contributed by atoms with van der Waals surface area (Å²) in [5.41, 5.74) is 0.952. The Balaban J connectivity index is 1.44. The van der Waals surface area contributed by atoms with Gasteiger partial charge in [-0.2, -0.15) is 0 Å². The van der Waals surface area contributed by atoms with Gasteiger partial charge in [-0.05, 0) is 49.8 Å². The number of carbonyl (C=O) groups is 1. The van der Waals surface area contributed by atoms with Crippen molar-refractivity contribution in [1.82, 2.24) is 10.0 Å². The molecule has 132 valence electrons. The van der Waals surface area contributed by atoms with Crippen LogP contribution in [0, 0.1) is 0 Å². The maximum Gasteiger partial charge on any atom is 0.240 e. The Bertz CT molecular complexity index is 662. The van der Waals surface area contributed by atoms with Crippen molar-refractivity contribution in [2.45, 2.75) is 55.6 Å². The Hall–Kier alpha value is -1.44. The van der Waals surface area contributed by atoms with Gasteiger partial charge in [-0.1, -0.05) is 12.1 Å². The quantitative estimate of drug-likeness (QED) is 0.740. The van der Waals surface area contributed by atoms with Gasteiger partial charge >= 0.3 is 0 Å². The predicted octanol–water partition coefficient (Wildman–Crippen LogP) is 1.36. The monoisotopic (exact) mass is 352 g/mol. The number of hydrogen-bond acceptors (Lipinski definition) is 4. The van der Waals surface area contributed by atoms with Crippen molar-refractivity contribution in [2.24, 2.45) is 0 Å². The van der Waals surface area contributed by atoms with Crippen LogP contribution in [0.15, 0.2) is 29.2 Å². The molecule has 1 saturated carbocycles. The molecule has 1 aliphatic heterocycles. The van der Waals surface area contributed by atoms with E-state index >= 15 is 0 Å². The summed E-state index contributed by atoms with van der Waals surface area (Å²) in [5.74, 6) is -0.00222. The van der Waals surface area contributed by atoms with Crippen LogP contribution in [0.2, 0.25) is 0 Å². The Labute approximate surface area is 143 Å². The van der Waals surface area contributed by atoms with Crippen LogP contribution in [0.1, 0.15) is 37.7 Å². The highest BCUT2D eigenvalue weighted by Gasteiger charge is 2.27. The minimum Gasteiger partial charge on any atom is -0.376 e. The number of hydrogen-bond donors (Lipinski definition) is 2. The summed E-state index contributed by atoms with van der Waals surface area (Å²) in [7, 11) is -3.41. The summed E-state index contributed by atoms with van der Waals surface area (Å²) in [6, 6.07) is 6.85. The SMILES string of the molecule is O=C(CCc1ccc(S(=O)(=O)NC2CC2)cc1)NC[C@H]1CCCO1. The fourth-order valence-corrected chi connectivity index (χ4v) is 4.01. The van der Waals surface area contributed by atoms with Crippen molar-refractivity contribution < 1.29 is 17.9 Å². The number of carbonyl (C=O) groups excluding carboxylic acids is 1. The smallest absolute Gasteiger partial charge is 0.240 e. The number of ether oxygens (including phenoxy) is 1. The van der Waals surface area contributed by atoms with Gasteiger partial charge < -0.3 is 10.1 Å². The topological polar surface area (TPSA) is 84.5 Å². The van der Waals surface area contributed by atoms with E-state index in [0.717, 1.165) is 37.9 Å². The van der Waals surface area contributed by atoms with E-state index in [1.165, 1.54) is 0 Å². The number of nitrogens with one attached hydrogen (secondary N) is 2. The third kappa shape index (κ3) is 5.03. The maximum atomic E-state index is 12.1. The molecule has 2 N–H and O–H groups in total. The first-order valence-electron chi connectivity index (χ1n) is 8.52. The van der Waals surface area contributed by atoms with Gasteiger partial charge in [-0.15, -0.1) is 0 Å².